The van der Waals surface area contributed by atoms with Crippen molar-refractivity contribution in [3.05, 3.63) is 65.5 Å². The molecule has 1 aromatic heterocycles. The highest BCUT2D eigenvalue weighted by atomic mass is 16.5. The Morgan fingerprint density at radius 3 is 2.89 bits per heavy atom. The number of aliphatic hydroxyl groups is 1. The zero-order valence-electron chi connectivity index (χ0n) is 21.2. The van der Waals surface area contributed by atoms with E-state index < -0.39 is 0 Å². The molecule has 4 heterocycles. The van der Waals surface area contributed by atoms with Gasteiger partial charge >= 0.3 is 0 Å². The van der Waals surface area contributed by atoms with E-state index >= 15 is 0 Å². The molecule has 5 heteroatoms. The fraction of sp³-hybridized carbons (Fsp3) is 0.581. The van der Waals surface area contributed by atoms with Crippen molar-refractivity contribution in [3.8, 4) is 0 Å². The summed E-state index contributed by atoms with van der Waals surface area (Å²) in [6.45, 7) is 4.33. The van der Waals surface area contributed by atoms with Gasteiger partial charge < -0.3 is 15.6 Å². The Balaban J connectivity index is 1.15. The smallest absolute Gasteiger partial charge is 0.0974 e. The highest BCUT2D eigenvalue weighted by molar-refractivity contribution is 5.82. The number of likely N-dealkylation sites (tertiary alicyclic amines) is 1. The first-order chi connectivity index (χ1) is 17.4. The van der Waals surface area contributed by atoms with Crippen LogP contribution in [0.4, 0.5) is 0 Å². The number of hydrogen-bond donors (Lipinski definition) is 2. The molecule has 8 rings (SSSR count). The molecule has 3 aliphatic carbocycles. The third-order valence-corrected chi connectivity index (χ3v) is 11.2. The number of benzene rings is 1. The van der Waals surface area contributed by atoms with E-state index in [0.29, 0.717) is 11.8 Å². The lowest BCUT2D eigenvalue weighted by Gasteiger charge is -2.56. The Bertz CT molecular complexity index is 1310. The van der Waals surface area contributed by atoms with Gasteiger partial charge in [0.1, 0.15) is 0 Å². The molecular formula is C31H37N3O2. The fourth-order valence-electron chi connectivity index (χ4n) is 9.42. The van der Waals surface area contributed by atoms with Gasteiger partial charge in [-0.1, -0.05) is 31.2 Å². The lowest BCUT2D eigenvalue weighted by Crippen LogP contribution is -2.65. The number of aliphatic hydroxyl groups excluding tert-OH is 1. The lowest BCUT2D eigenvalue weighted by molar-refractivity contribution is -0.155. The molecule has 4 fully saturated rings. The van der Waals surface area contributed by atoms with E-state index in [-0.39, 0.29) is 34.8 Å². The number of nitrogens with two attached hydrogens (primary N) is 1. The highest BCUT2D eigenvalue weighted by Crippen LogP contribution is 2.69. The molecule has 7 atom stereocenters. The van der Waals surface area contributed by atoms with E-state index in [9.17, 15) is 5.11 Å². The minimum Gasteiger partial charge on any atom is -0.391 e. The average Bonchev–Trinajstić information content (AvgIpc) is 3.38. The molecule has 188 valence electrons. The Morgan fingerprint density at radius 2 is 2.03 bits per heavy atom. The number of allylic oxidation sites excluding steroid dienone is 1. The molecule has 36 heavy (non-hydrogen) atoms. The maximum Gasteiger partial charge on any atom is 0.0974 e. The minimum absolute atomic E-state index is 0.165. The molecule has 1 aromatic carbocycles. The van der Waals surface area contributed by atoms with Crippen molar-refractivity contribution in [3.63, 3.8) is 0 Å². The predicted molar refractivity (Wildman–Crippen MR) is 140 cm³/mol. The van der Waals surface area contributed by atoms with Crippen molar-refractivity contribution in [2.45, 2.75) is 87.2 Å². The maximum absolute atomic E-state index is 11.1. The molecule has 3 N–H and O–H groups in total. The van der Waals surface area contributed by atoms with Gasteiger partial charge in [0.25, 0.3) is 0 Å². The summed E-state index contributed by atoms with van der Waals surface area (Å²) in [5.74, 6) is 1.06. The summed E-state index contributed by atoms with van der Waals surface area (Å²) in [5, 5.41) is 13.6. The summed E-state index contributed by atoms with van der Waals surface area (Å²) >= 11 is 0. The maximum atomic E-state index is 11.1. The number of rotatable bonds is 2. The first kappa shape index (κ1) is 22.0. The van der Waals surface area contributed by atoms with E-state index in [1.165, 1.54) is 40.3 Å². The molecule has 2 spiro atoms. The second-order valence-corrected chi connectivity index (χ2v) is 12.9. The number of ether oxygens (including phenoxy) is 1. The summed E-state index contributed by atoms with van der Waals surface area (Å²) in [6.07, 6.45) is 15.9. The number of nitrogens with zero attached hydrogens (tertiary/aromatic N) is 2. The van der Waals surface area contributed by atoms with Gasteiger partial charge in [0.15, 0.2) is 0 Å². The van der Waals surface area contributed by atoms with Crippen LogP contribution >= 0.6 is 0 Å². The minimum atomic E-state index is -0.321. The van der Waals surface area contributed by atoms with Crippen LogP contribution in [0.3, 0.4) is 0 Å². The molecule has 0 radical (unpaired) electrons. The number of aromatic nitrogens is 1. The van der Waals surface area contributed by atoms with Gasteiger partial charge in [-0.2, -0.15) is 0 Å². The van der Waals surface area contributed by atoms with Gasteiger partial charge in [0, 0.05) is 43.0 Å². The van der Waals surface area contributed by atoms with Crippen LogP contribution in [-0.4, -0.2) is 57.5 Å². The van der Waals surface area contributed by atoms with Gasteiger partial charge in [-0.15, -0.1) is 0 Å². The Hall–Kier alpha value is -2.05. The Kier molecular flexibility index (Phi) is 4.45. The SMILES string of the molecule is C[C@]12CC=C3C=C4C[C@H](O)[C@@H](N5CC(N)C5)C[C@]45CCC3(O5)[C@@H]1CCC2c1ccc2ccncc2c1. The largest absolute Gasteiger partial charge is 0.391 e. The van der Waals surface area contributed by atoms with Crippen LogP contribution in [0.2, 0.25) is 0 Å². The van der Waals surface area contributed by atoms with Crippen LogP contribution in [0, 0.1) is 11.3 Å². The summed E-state index contributed by atoms with van der Waals surface area (Å²) in [4.78, 5) is 6.77. The molecule has 2 bridgehead atoms. The monoisotopic (exact) mass is 483 g/mol. The normalized spacial score (nSPS) is 43.9. The van der Waals surface area contributed by atoms with Crippen molar-refractivity contribution in [1.82, 2.24) is 9.88 Å². The van der Waals surface area contributed by atoms with E-state index in [0.717, 1.165) is 45.2 Å². The number of pyridine rings is 1. The van der Waals surface area contributed by atoms with E-state index in [1.807, 2.05) is 12.4 Å². The van der Waals surface area contributed by atoms with Gasteiger partial charge in [0.2, 0.25) is 0 Å². The second kappa shape index (κ2) is 7.28. The molecule has 2 aromatic rings. The Labute approximate surface area is 213 Å². The molecule has 3 aliphatic heterocycles. The highest BCUT2D eigenvalue weighted by Gasteiger charge is 2.67. The third kappa shape index (κ3) is 2.78. The summed E-state index contributed by atoms with van der Waals surface area (Å²) in [7, 11) is 0. The van der Waals surface area contributed by atoms with Crippen LogP contribution in [0.15, 0.2) is 60.0 Å². The molecule has 2 saturated carbocycles. The average molecular weight is 484 g/mol. The van der Waals surface area contributed by atoms with Gasteiger partial charge in [-0.3, -0.25) is 9.88 Å². The van der Waals surface area contributed by atoms with Crippen LogP contribution in [0.25, 0.3) is 10.8 Å². The quantitative estimate of drug-likeness (QED) is 0.660. The number of fused-ring (bicyclic) bond motifs is 2. The van der Waals surface area contributed by atoms with E-state index in [1.54, 1.807) is 0 Å². The van der Waals surface area contributed by atoms with Gasteiger partial charge in [-0.25, -0.2) is 0 Å². The molecule has 0 amide bonds. The second-order valence-electron chi connectivity index (χ2n) is 12.9. The standard InChI is InChI=1S/C31H37N3O2/c1-29-8-6-22-13-23-14-27(35)26(34-17-24(32)18-34)15-30(23)9-10-31(22,36-30)28(29)5-4-25(29)20-3-2-19-7-11-33-16-21(19)12-20/h2-3,6-7,11-13,16,24-28,35H,4-5,8-10,14-15,17-18,32H2,1H3/t25?,26-,27-,28+,29+,30+,31?/m0/s1. The van der Waals surface area contributed by atoms with Crippen molar-refractivity contribution in [1.29, 1.82) is 0 Å². The van der Waals surface area contributed by atoms with Crippen molar-refractivity contribution < 1.29 is 9.84 Å². The number of hydrogen-bond acceptors (Lipinski definition) is 5. The van der Waals surface area contributed by atoms with Crippen molar-refractivity contribution >= 4 is 10.8 Å². The predicted octanol–water partition coefficient (Wildman–Crippen LogP) is 4.46. The summed E-state index contributed by atoms with van der Waals surface area (Å²) in [5.41, 5.74) is 10.1. The third-order valence-electron chi connectivity index (χ3n) is 11.2. The summed E-state index contributed by atoms with van der Waals surface area (Å²) in [6, 6.07) is 9.55. The fourth-order valence-corrected chi connectivity index (χ4v) is 9.42. The van der Waals surface area contributed by atoms with Crippen molar-refractivity contribution in [2.24, 2.45) is 17.1 Å². The van der Waals surface area contributed by atoms with E-state index in [2.05, 4.69) is 53.2 Å². The zero-order chi connectivity index (χ0) is 24.3. The van der Waals surface area contributed by atoms with Crippen LogP contribution in [0.1, 0.15) is 63.4 Å². The van der Waals surface area contributed by atoms with Crippen molar-refractivity contribution in [2.75, 3.05) is 13.1 Å². The first-order valence-corrected chi connectivity index (χ1v) is 14.0. The lowest BCUT2D eigenvalue weighted by atomic mass is 9.58. The van der Waals surface area contributed by atoms with Gasteiger partial charge in [0.05, 0.1) is 17.3 Å². The van der Waals surface area contributed by atoms with E-state index in [4.69, 9.17) is 10.5 Å². The molecule has 2 saturated heterocycles. The molecule has 5 nitrogen and oxygen atoms in total. The summed E-state index contributed by atoms with van der Waals surface area (Å²) < 4.78 is 7.42. The molecular weight excluding hydrogens is 446 g/mol. The van der Waals surface area contributed by atoms with Crippen LogP contribution < -0.4 is 5.73 Å². The van der Waals surface area contributed by atoms with Gasteiger partial charge in [-0.05, 0) is 96.4 Å². The zero-order valence-corrected chi connectivity index (χ0v) is 21.2. The van der Waals surface area contributed by atoms with Crippen LogP contribution in [0.5, 0.6) is 0 Å². The first-order valence-electron chi connectivity index (χ1n) is 14.0. The molecule has 6 aliphatic rings. The molecule has 2 unspecified atom stereocenters. The topological polar surface area (TPSA) is 71.6 Å². The Morgan fingerprint density at radius 1 is 1.14 bits per heavy atom. The van der Waals surface area contributed by atoms with Crippen LogP contribution in [-0.2, 0) is 4.74 Å².